The fourth-order valence-corrected chi connectivity index (χ4v) is 10.4. The van der Waals surface area contributed by atoms with Crippen LogP contribution in [-0.2, 0) is 23.7 Å². The summed E-state index contributed by atoms with van der Waals surface area (Å²) < 4.78 is 28.8. The van der Waals surface area contributed by atoms with E-state index in [1.165, 1.54) is 0 Å². The minimum atomic E-state index is -1.93. The molecule has 5 aliphatic rings. The van der Waals surface area contributed by atoms with Gasteiger partial charge in [0.15, 0.2) is 12.6 Å². The third-order valence-corrected chi connectivity index (χ3v) is 14.6. The number of nitrogens with zero attached hydrogens (tertiary/aromatic N) is 2. The number of rotatable bonds is 2. The molecule has 7 aromatic rings. The molecule has 77 heavy (non-hydrogen) atoms. The number of carbonyl (C=O) groups excluding carboxylic acids is 2. The van der Waals surface area contributed by atoms with E-state index in [0.717, 1.165) is 38.9 Å². The van der Waals surface area contributed by atoms with Gasteiger partial charge in [-0.25, -0.2) is 19.6 Å². The second kappa shape index (κ2) is 20.2. The Kier molecular flexibility index (Phi) is 13.1. The number of aryl methyl sites for hydroxylation is 2. The smallest absolute Gasteiger partial charge is 0.338 e. The second-order valence-corrected chi connectivity index (χ2v) is 19.8. The number of esters is 2. The largest absolute Gasteiger partial charge is 0.459 e. The number of aromatic nitrogens is 4. The SMILES string of the molecule is Cc1ccc(-c2c3nc(c(-c4ccc(C)cc4)c4ccc([nH]4)c4c5ccc([nH]5)c(c5nc2C=C5)-c2cccc(c2)C(=O)OCC2OC(OC5OC(COC(=O)c6cccc-4c6)C(O)C(O)C5O)C(O)C(O)C2O)C=C3)cc1. The second-order valence-electron chi connectivity index (χ2n) is 19.8. The van der Waals surface area contributed by atoms with Crippen LogP contribution in [0.2, 0.25) is 0 Å². The minimum absolute atomic E-state index is 0.113. The average Bonchev–Trinajstić information content (AvgIpc) is 4.33. The number of H-pyrrole nitrogens is 2. The molecule has 4 aromatic carbocycles. The van der Waals surface area contributed by atoms with E-state index in [-0.39, 0.29) is 11.1 Å². The average molecular weight is 1040 g/mol. The van der Waals surface area contributed by atoms with Crippen LogP contribution >= 0.6 is 0 Å². The van der Waals surface area contributed by atoms with Crippen molar-refractivity contribution in [2.45, 2.75) is 75.3 Å². The quantitative estimate of drug-likeness (QED) is 0.0820. The summed E-state index contributed by atoms with van der Waals surface area (Å²) in [6.07, 6.45) is -9.96. The molecule has 0 amide bonds. The Hall–Kier alpha value is -7.94. The van der Waals surface area contributed by atoms with E-state index in [4.69, 9.17) is 33.7 Å². The summed E-state index contributed by atoms with van der Waals surface area (Å²) in [5, 5.41) is 65.8. The van der Waals surface area contributed by atoms with E-state index in [0.29, 0.717) is 61.6 Å². The Labute approximate surface area is 440 Å². The van der Waals surface area contributed by atoms with E-state index >= 15 is 0 Å². The normalized spacial score (nSPS) is 25.3. The van der Waals surface area contributed by atoms with Gasteiger partial charge in [-0.3, -0.25) is 0 Å². The standard InChI is InChI=1S/C60H52N4O13/c1-29-9-13-31(14-10-29)47-37-17-18-38(61-37)48(32-15-11-30(2)12-16-32)40-20-22-42(63-40)50-34-6-4-8-36(26-34)58(72)74-28-46-52(66)54(68)56(70)60(76-46)77-59-55(69)53(67)51(65)45(75-59)27-73-57(71)35-7-3-5-33(25-35)49(41-21-19-39(47)62-41)43-23-24-44(50)64-43/h3-26,45-46,51-56,59-60,62,64-70H,27-28H2,1-2H3. The molecule has 17 nitrogen and oxygen atoms in total. The van der Waals surface area contributed by atoms with Gasteiger partial charge in [0.1, 0.15) is 62.0 Å². The maximum Gasteiger partial charge on any atom is 0.338 e. The van der Waals surface area contributed by atoms with E-state index in [1.54, 1.807) is 36.4 Å². The molecule has 8 N–H and O–H groups in total. The summed E-state index contributed by atoms with van der Waals surface area (Å²) in [5.74, 6) is -1.63. The Balaban J connectivity index is 1.10. The van der Waals surface area contributed by atoms with Crippen molar-refractivity contribution in [3.63, 3.8) is 0 Å². The van der Waals surface area contributed by atoms with Gasteiger partial charge in [-0.2, -0.15) is 0 Å². The highest BCUT2D eigenvalue weighted by Gasteiger charge is 2.50. The molecule has 10 atom stereocenters. The number of hydrogen-bond donors (Lipinski definition) is 8. The zero-order valence-corrected chi connectivity index (χ0v) is 41.5. The summed E-state index contributed by atoms with van der Waals surface area (Å²) in [6, 6.07) is 37.8. The molecule has 17 heteroatoms. The van der Waals surface area contributed by atoms with Crippen LogP contribution in [-0.4, -0.2) is 137 Å². The molecule has 18 bridgehead atoms. The highest BCUT2D eigenvalue weighted by Crippen LogP contribution is 2.40. The fraction of sp³-hybridized carbons (Fsp3) is 0.233. The van der Waals surface area contributed by atoms with Gasteiger partial charge < -0.3 is 64.3 Å². The number of aliphatic hydroxyl groups excluding tert-OH is 6. The molecule has 0 aliphatic carbocycles. The van der Waals surface area contributed by atoms with Crippen molar-refractivity contribution >= 4 is 58.3 Å². The van der Waals surface area contributed by atoms with E-state index in [9.17, 15) is 40.2 Å². The minimum Gasteiger partial charge on any atom is -0.459 e. The van der Waals surface area contributed by atoms with Crippen LogP contribution in [0.5, 0.6) is 0 Å². The van der Waals surface area contributed by atoms with Crippen LogP contribution in [0.3, 0.4) is 0 Å². The third kappa shape index (κ3) is 9.37. The molecule has 3 aromatic heterocycles. The summed E-state index contributed by atoms with van der Waals surface area (Å²) in [6.45, 7) is 2.80. The summed E-state index contributed by atoms with van der Waals surface area (Å²) >= 11 is 0. The van der Waals surface area contributed by atoms with E-state index in [1.807, 2.05) is 86.7 Å². The maximum absolute atomic E-state index is 14.1. The molecule has 2 fully saturated rings. The van der Waals surface area contributed by atoms with Crippen LogP contribution in [0.4, 0.5) is 0 Å². The number of cyclic esters (lactones) is 2. The van der Waals surface area contributed by atoms with Crippen LogP contribution in [0.1, 0.15) is 54.6 Å². The number of benzene rings is 4. The van der Waals surface area contributed by atoms with Gasteiger partial charge in [0.25, 0.3) is 0 Å². The van der Waals surface area contributed by atoms with Crippen molar-refractivity contribution in [3.8, 4) is 44.5 Å². The van der Waals surface area contributed by atoms with Gasteiger partial charge in [-0.1, -0.05) is 83.9 Å². The highest BCUT2D eigenvalue weighted by molar-refractivity contribution is 6.02. The van der Waals surface area contributed by atoms with Crippen molar-refractivity contribution < 1.29 is 63.9 Å². The molecular weight excluding hydrogens is 985 g/mol. The zero-order valence-electron chi connectivity index (χ0n) is 41.5. The Morgan fingerprint density at radius 3 is 1.21 bits per heavy atom. The van der Waals surface area contributed by atoms with Crippen molar-refractivity contribution in [1.29, 1.82) is 0 Å². The summed E-state index contributed by atoms with van der Waals surface area (Å²) in [5.41, 5.74) is 13.6. The van der Waals surface area contributed by atoms with Crippen LogP contribution in [0.25, 0.3) is 90.9 Å². The topological polar surface area (TPSA) is 259 Å². The Bertz CT molecular complexity index is 3700. The number of aromatic amines is 2. The van der Waals surface area contributed by atoms with Crippen molar-refractivity contribution in [2.75, 3.05) is 13.2 Å². The van der Waals surface area contributed by atoms with Gasteiger partial charge in [0.2, 0.25) is 0 Å². The molecule has 2 saturated heterocycles. The zero-order chi connectivity index (χ0) is 53.2. The first-order valence-corrected chi connectivity index (χ1v) is 25.2. The van der Waals surface area contributed by atoms with Crippen LogP contribution in [0.15, 0.2) is 121 Å². The number of aliphatic hydroxyl groups is 6. The molecule has 10 unspecified atom stereocenters. The Morgan fingerprint density at radius 1 is 0.403 bits per heavy atom. The van der Waals surface area contributed by atoms with Gasteiger partial charge in [-0.15, -0.1) is 0 Å². The highest BCUT2D eigenvalue weighted by atomic mass is 16.8. The monoisotopic (exact) mass is 1040 g/mol. The van der Waals surface area contributed by atoms with Crippen LogP contribution in [0, 0.1) is 13.8 Å². The first kappa shape index (κ1) is 49.9. The molecule has 8 heterocycles. The lowest BCUT2D eigenvalue weighted by atomic mass is 9.98. The fourth-order valence-electron chi connectivity index (χ4n) is 10.4. The number of fused-ring (bicyclic) bond motifs is 18. The van der Waals surface area contributed by atoms with Gasteiger partial charge in [0.05, 0.1) is 33.9 Å². The third-order valence-electron chi connectivity index (χ3n) is 14.6. The van der Waals surface area contributed by atoms with Gasteiger partial charge >= 0.3 is 11.9 Å². The lowest BCUT2D eigenvalue weighted by Crippen LogP contribution is -2.64. The number of ether oxygens (including phenoxy) is 5. The molecule has 0 spiro atoms. The number of nitrogens with one attached hydrogen (secondary N) is 2. The molecule has 390 valence electrons. The van der Waals surface area contributed by atoms with Crippen molar-refractivity contribution in [1.82, 2.24) is 19.9 Å². The lowest BCUT2D eigenvalue weighted by molar-refractivity contribution is -0.376. The van der Waals surface area contributed by atoms with Crippen molar-refractivity contribution in [2.24, 2.45) is 0 Å². The predicted octanol–water partition coefficient (Wildman–Crippen LogP) is 6.90. The van der Waals surface area contributed by atoms with E-state index < -0.39 is 86.6 Å². The number of carbonyl (C=O) groups is 2. The molecular formula is C60H52N4O13. The predicted molar refractivity (Wildman–Crippen MR) is 285 cm³/mol. The van der Waals surface area contributed by atoms with Crippen molar-refractivity contribution in [3.05, 3.63) is 166 Å². The molecule has 0 radical (unpaired) electrons. The number of hydrogen-bond acceptors (Lipinski definition) is 15. The maximum atomic E-state index is 14.1. The lowest BCUT2D eigenvalue weighted by Gasteiger charge is -2.44. The Morgan fingerprint density at radius 2 is 0.766 bits per heavy atom. The van der Waals surface area contributed by atoms with Gasteiger partial charge in [-0.05, 0) is 109 Å². The summed E-state index contributed by atoms with van der Waals surface area (Å²) in [4.78, 5) is 46.3. The summed E-state index contributed by atoms with van der Waals surface area (Å²) in [7, 11) is 0. The molecule has 12 rings (SSSR count). The van der Waals surface area contributed by atoms with E-state index in [2.05, 4.69) is 46.4 Å². The molecule has 5 aliphatic heterocycles. The molecule has 0 saturated carbocycles. The van der Waals surface area contributed by atoms with Crippen LogP contribution < -0.4 is 0 Å². The first-order valence-electron chi connectivity index (χ1n) is 25.2. The van der Waals surface area contributed by atoms with Gasteiger partial charge in [0, 0.05) is 44.3 Å². The first-order chi connectivity index (χ1) is 37.3.